The molecule has 5 heteroatoms. The maximum atomic E-state index is 12.5. The Morgan fingerprint density at radius 3 is 2.61 bits per heavy atom. The van der Waals surface area contributed by atoms with E-state index in [9.17, 15) is 4.79 Å². The zero-order valence-corrected chi connectivity index (χ0v) is 14.1. The van der Waals surface area contributed by atoms with Crippen molar-refractivity contribution in [2.75, 3.05) is 6.54 Å². The van der Waals surface area contributed by atoms with Crippen molar-refractivity contribution >= 4 is 5.91 Å². The fourth-order valence-electron chi connectivity index (χ4n) is 2.63. The van der Waals surface area contributed by atoms with E-state index in [-0.39, 0.29) is 11.9 Å². The maximum absolute atomic E-state index is 12.5. The molecule has 1 atom stereocenters. The zero-order chi connectivity index (χ0) is 16.8. The highest BCUT2D eigenvalue weighted by Crippen LogP contribution is 2.11. The maximum Gasteiger partial charge on any atom is 0.255 e. The van der Waals surface area contributed by atoms with E-state index in [4.69, 9.17) is 5.73 Å². The summed E-state index contributed by atoms with van der Waals surface area (Å²) in [7, 11) is 0. The zero-order valence-electron chi connectivity index (χ0n) is 14.1. The molecule has 5 nitrogen and oxygen atoms in total. The highest BCUT2D eigenvalue weighted by atomic mass is 16.1. The summed E-state index contributed by atoms with van der Waals surface area (Å²) in [5, 5.41) is 7.37. The summed E-state index contributed by atoms with van der Waals surface area (Å²) in [6.07, 6.45) is 2.51. The molecule has 2 aromatic rings. The molecule has 1 aromatic heterocycles. The smallest absolute Gasteiger partial charge is 0.255 e. The summed E-state index contributed by atoms with van der Waals surface area (Å²) in [6, 6.07) is 10.1. The van der Waals surface area contributed by atoms with Gasteiger partial charge in [0.1, 0.15) is 0 Å². The molecular weight excluding hydrogens is 288 g/mol. The van der Waals surface area contributed by atoms with E-state index in [0.29, 0.717) is 24.6 Å². The first-order valence-corrected chi connectivity index (χ1v) is 8.08. The second kappa shape index (κ2) is 7.92. The number of benzene rings is 1. The Morgan fingerprint density at radius 2 is 2.00 bits per heavy atom. The van der Waals surface area contributed by atoms with Crippen molar-refractivity contribution in [2.24, 2.45) is 11.7 Å². The van der Waals surface area contributed by atoms with Gasteiger partial charge in [0.2, 0.25) is 0 Å². The van der Waals surface area contributed by atoms with Gasteiger partial charge in [0.25, 0.3) is 5.91 Å². The summed E-state index contributed by atoms with van der Waals surface area (Å²) in [5.74, 6) is 0.392. The predicted octanol–water partition coefficient (Wildman–Crippen LogP) is 2.34. The number of carbonyl (C=O) groups is 1. The molecule has 0 saturated heterocycles. The summed E-state index contributed by atoms with van der Waals surface area (Å²) >= 11 is 0. The first-order valence-electron chi connectivity index (χ1n) is 8.08. The average molecular weight is 314 g/mol. The van der Waals surface area contributed by atoms with Crippen LogP contribution in [0.25, 0.3) is 0 Å². The van der Waals surface area contributed by atoms with Crippen LogP contribution in [0, 0.1) is 12.8 Å². The highest BCUT2D eigenvalue weighted by molar-refractivity contribution is 5.95. The van der Waals surface area contributed by atoms with Crippen molar-refractivity contribution < 1.29 is 4.79 Å². The predicted molar refractivity (Wildman–Crippen MR) is 92.3 cm³/mol. The van der Waals surface area contributed by atoms with Crippen LogP contribution >= 0.6 is 0 Å². The quantitative estimate of drug-likeness (QED) is 0.824. The summed E-state index contributed by atoms with van der Waals surface area (Å²) < 4.78 is 1.85. The molecule has 1 unspecified atom stereocenters. The van der Waals surface area contributed by atoms with Gasteiger partial charge in [-0.05, 0) is 24.8 Å². The number of rotatable bonds is 7. The molecule has 0 saturated carbocycles. The molecule has 23 heavy (non-hydrogen) atoms. The van der Waals surface area contributed by atoms with Crippen molar-refractivity contribution in [3.8, 4) is 0 Å². The van der Waals surface area contributed by atoms with E-state index in [1.807, 2.05) is 41.9 Å². The number of carbonyl (C=O) groups excluding carboxylic acids is 1. The Labute approximate surface area is 137 Å². The van der Waals surface area contributed by atoms with Crippen LogP contribution in [-0.2, 0) is 6.54 Å². The SMILES string of the molecule is Cc1c(C(=O)NC(CN)CC(C)C)cnn1Cc1ccccc1. The Kier molecular flexibility index (Phi) is 5.93. The third-order valence-corrected chi connectivity index (χ3v) is 3.90. The minimum atomic E-state index is -0.0992. The fraction of sp³-hybridized carbons (Fsp3) is 0.444. The molecule has 1 heterocycles. The number of hydrogen-bond donors (Lipinski definition) is 2. The lowest BCUT2D eigenvalue weighted by molar-refractivity contribution is 0.0933. The lowest BCUT2D eigenvalue weighted by atomic mass is 10.0. The molecule has 1 amide bonds. The van der Waals surface area contributed by atoms with Gasteiger partial charge in [-0.15, -0.1) is 0 Å². The van der Waals surface area contributed by atoms with Crippen molar-refractivity contribution in [2.45, 2.75) is 39.8 Å². The fourth-order valence-corrected chi connectivity index (χ4v) is 2.63. The van der Waals surface area contributed by atoms with E-state index >= 15 is 0 Å². The van der Waals surface area contributed by atoms with E-state index < -0.39 is 0 Å². The van der Waals surface area contributed by atoms with E-state index in [2.05, 4.69) is 24.3 Å². The van der Waals surface area contributed by atoms with Crippen LogP contribution in [0.3, 0.4) is 0 Å². The molecule has 0 aliphatic rings. The molecule has 0 radical (unpaired) electrons. The number of nitrogens with two attached hydrogens (primary N) is 1. The molecule has 2 rings (SSSR count). The van der Waals surface area contributed by atoms with Crippen molar-refractivity contribution in [1.82, 2.24) is 15.1 Å². The molecule has 3 N–H and O–H groups in total. The number of hydrogen-bond acceptors (Lipinski definition) is 3. The largest absolute Gasteiger partial charge is 0.348 e. The van der Waals surface area contributed by atoms with Crippen molar-refractivity contribution in [3.05, 3.63) is 53.3 Å². The Balaban J connectivity index is 2.07. The summed E-state index contributed by atoms with van der Waals surface area (Å²) in [5.41, 5.74) is 8.40. The standard InChI is InChI=1S/C18H26N4O/c1-13(2)9-16(10-19)21-18(23)17-11-20-22(14(17)3)12-15-7-5-4-6-8-15/h4-8,11,13,16H,9-10,12,19H2,1-3H3,(H,21,23). The normalized spacial score (nSPS) is 12.4. The van der Waals surface area contributed by atoms with Gasteiger partial charge < -0.3 is 11.1 Å². The molecule has 0 spiro atoms. The minimum Gasteiger partial charge on any atom is -0.348 e. The molecule has 0 bridgehead atoms. The molecular formula is C18H26N4O. The summed E-state index contributed by atoms with van der Waals surface area (Å²) in [4.78, 5) is 12.5. The van der Waals surface area contributed by atoms with Gasteiger partial charge in [0.15, 0.2) is 0 Å². The molecule has 0 aliphatic carbocycles. The first-order chi connectivity index (χ1) is 11.0. The van der Waals surface area contributed by atoms with Gasteiger partial charge in [-0.3, -0.25) is 9.48 Å². The van der Waals surface area contributed by atoms with Crippen LogP contribution in [0.1, 0.15) is 41.9 Å². The topological polar surface area (TPSA) is 72.9 Å². The first kappa shape index (κ1) is 17.2. The Morgan fingerprint density at radius 1 is 1.30 bits per heavy atom. The van der Waals surface area contributed by atoms with Crippen LogP contribution < -0.4 is 11.1 Å². The van der Waals surface area contributed by atoms with Gasteiger partial charge in [-0.1, -0.05) is 44.2 Å². The number of aromatic nitrogens is 2. The number of nitrogens with one attached hydrogen (secondary N) is 1. The molecule has 0 aliphatic heterocycles. The highest BCUT2D eigenvalue weighted by Gasteiger charge is 2.18. The summed E-state index contributed by atoms with van der Waals surface area (Å²) in [6.45, 7) is 7.27. The Bertz CT molecular complexity index is 634. The molecule has 0 fully saturated rings. The van der Waals surface area contributed by atoms with Crippen molar-refractivity contribution in [1.29, 1.82) is 0 Å². The lowest BCUT2D eigenvalue weighted by Gasteiger charge is -2.18. The Hall–Kier alpha value is -2.14. The van der Waals surface area contributed by atoms with Gasteiger partial charge >= 0.3 is 0 Å². The second-order valence-corrected chi connectivity index (χ2v) is 6.32. The minimum absolute atomic E-state index is 0.000580. The van der Waals surface area contributed by atoms with Gasteiger partial charge in [0.05, 0.1) is 18.3 Å². The van der Waals surface area contributed by atoms with Gasteiger partial charge in [0, 0.05) is 18.3 Å². The van der Waals surface area contributed by atoms with E-state index in [1.165, 1.54) is 0 Å². The van der Waals surface area contributed by atoms with Crippen molar-refractivity contribution in [3.63, 3.8) is 0 Å². The van der Waals surface area contributed by atoms with Crippen LogP contribution in [0.2, 0.25) is 0 Å². The van der Waals surface area contributed by atoms with Gasteiger partial charge in [-0.2, -0.15) is 5.10 Å². The number of amides is 1. The van der Waals surface area contributed by atoms with E-state index in [0.717, 1.165) is 17.7 Å². The van der Waals surface area contributed by atoms with E-state index in [1.54, 1.807) is 6.20 Å². The molecule has 124 valence electrons. The second-order valence-electron chi connectivity index (χ2n) is 6.32. The van der Waals surface area contributed by atoms with Crippen LogP contribution in [-0.4, -0.2) is 28.3 Å². The third kappa shape index (κ3) is 4.66. The van der Waals surface area contributed by atoms with Crippen LogP contribution in [0.15, 0.2) is 36.5 Å². The lowest BCUT2D eigenvalue weighted by Crippen LogP contribution is -2.41. The number of nitrogens with zero attached hydrogens (tertiary/aromatic N) is 2. The average Bonchev–Trinajstić information content (AvgIpc) is 2.88. The van der Waals surface area contributed by atoms with Crippen LogP contribution in [0.4, 0.5) is 0 Å². The monoisotopic (exact) mass is 314 g/mol. The molecule has 1 aromatic carbocycles. The third-order valence-electron chi connectivity index (χ3n) is 3.90. The van der Waals surface area contributed by atoms with Gasteiger partial charge in [-0.25, -0.2) is 0 Å². The van der Waals surface area contributed by atoms with Crippen LogP contribution in [0.5, 0.6) is 0 Å².